The van der Waals surface area contributed by atoms with Gasteiger partial charge in [-0.2, -0.15) is 0 Å². The highest BCUT2D eigenvalue weighted by Crippen LogP contribution is 2.34. The third kappa shape index (κ3) is 4.45. The number of methoxy groups -OCH3 is 1. The quantitative estimate of drug-likeness (QED) is 0.721. The van der Waals surface area contributed by atoms with Crippen LogP contribution in [0.2, 0.25) is 0 Å². The molecule has 1 N–H and O–H groups in total. The first kappa shape index (κ1) is 15.3. The number of rotatable bonds is 7. The third-order valence-electron chi connectivity index (χ3n) is 3.40. The minimum absolute atomic E-state index is 0.839. The molecule has 106 valence electrons. The van der Waals surface area contributed by atoms with Gasteiger partial charge in [0.2, 0.25) is 0 Å². The first-order chi connectivity index (χ1) is 9.11. The van der Waals surface area contributed by atoms with Crippen molar-refractivity contribution in [1.29, 1.82) is 0 Å². The fourth-order valence-electron chi connectivity index (χ4n) is 2.10. The van der Waals surface area contributed by atoms with E-state index in [0.717, 1.165) is 40.4 Å². The van der Waals surface area contributed by atoms with Crippen molar-refractivity contribution < 1.29 is 4.74 Å². The second-order valence-corrected chi connectivity index (χ2v) is 6.69. The van der Waals surface area contributed by atoms with E-state index in [2.05, 4.69) is 61.3 Å². The van der Waals surface area contributed by atoms with E-state index in [1.165, 1.54) is 18.4 Å². The zero-order valence-electron chi connectivity index (χ0n) is 11.4. The zero-order chi connectivity index (χ0) is 13.8. The lowest BCUT2D eigenvalue weighted by atomic mass is 10.2. The molecule has 0 heterocycles. The molecule has 0 saturated heterocycles. The Bertz CT molecular complexity index is 412. The molecular weight excluding hydrogens is 372 g/mol. The van der Waals surface area contributed by atoms with Gasteiger partial charge < -0.3 is 15.0 Å². The Balaban J connectivity index is 1.79. The Morgan fingerprint density at radius 3 is 2.47 bits per heavy atom. The van der Waals surface area contributed by atoms with Crippen molar-refractivity contribution in [2.45, 2.75) is 25.4 Å². The average molecular weight is 392 g/mol. The molecule has 0 spiro atoms. The van der Waals surface area contributed by atoms with Gasteiger partial charge in [0.05, 0.1) is 16.1 Å². The van der Waals surface area contributed by atoms with E-state index in [1.54, 1.807) is 7.11 Å². The summed E-state index contributed by atoms with van der Waals surface area (Å²) in [6, 6.07) is 5.04. The summed E-state index contributed by atoms with van der Waals surface area (Å²) in [5.74, 6) is 0.845. The summed E-state index contributed by atoms with van der Waals surface area (Å²) in [6.45, 7) is 3.01. The molecule has 1 aliphatic carbocycles. The van der Waals surface area contributed by atoms with Crippen LogP contribution in [0.5, 0.6) is 5.75 Å². The molecule has 1 aromatic rings. The Morgan fingerprint density at radius 2 is 1.95 bits per heavy atom. The van der Waals surface area contributed by atoms with Gasteiger partial charge >= 0.3 is 0 Å². The van der Waals surface area contributed by atoms with Gasteiger partial charge in [-0.1, -0.05) is 0 Å². The first-order valence-corrected chi connectivity index (χ1v) is 8.13. The maximum absolute atomic E-state index is 5.30. The van der Waals surface area contributed by atoms with E-state index < -0.39 is 0 Å². The molecule has 0 atom stereocenters. The molecule has 0 bridgehead atoms. The first-order valence-electron chi connectivity index (χ1n) is 6.54. The molecule has 19 heavy (non-hydrogen) atoms. The van der Waals surface area contributed by atoms with Crippen LogP contribution >= 0.6 is 31.9 Å². The van der Waals surface area contributed by atoms with E-state index in [-0.39, 0.29) is 0 Å². The number of likely N-dealkylation sites (N-methyl/N-ethyl adjacent to an activating group) is 1. The number of hydrogen-bond acceptors (Lipinski definition) is 3. The normalized spacial score (nSPS) is 15.0. The average Bonchev–Trinajstić information content (AvgIpc) is 3.18. The van der Waals surface area contributed by atoms with Gasteiger partial charge in [-0.05, 0) is 69.4 Å². The second-order valence-electron chi connectivity index (χ2n) is 4.98. The Morgan fingerprint density at radius 1 is 1.32 bits per heavy atom. The number of hydrogen-bond donors (Lipinski definition) is 1. The number of benzene rings is 1. The van der Waals surface area contributed by atoms with Crippen LogP contribution in [-0.4, -0.2) is 38.2 Å². The van der Waals surface area contributed by atoms with E-state index in [4.69, 9.17) is 4.74 Å². The van der Waals surface area contributed by atoms with E-state index in [0.29, 0.717) is 0 Å². The lowest BCUT2D eigenvalue weighted by Crippen LogP contribution is -2.30. The number of ether oxygens (including phenoxy) is 1. The second kappa shape index (κ2) is 7.07. The van der Waals surface area contributed by atoms with E-state index in [1.807, 2.05) is 0 Å². The number of nitrogens with one attached hydrogen (secondary N) is 1. The van der Waals surface area contributed by atoms with Crippen LogP contribution in [0.15, 0.2) is 21.1 Å². The fraction of sp³-hybridized carbons (Fsp3) is 0.571. The molecule has 5 heteroatoms. The van der Waals surface area contributed by atoms with Gasteiger partial charge in [-0.15, -0.1) is 0 Å². The van der Waals surface area contributed by atoms with E-state index in [9.17, 15) is 0 Å². The van der Waals surface area contributed by atoms with Crippen LogP contribution in [0.4, 0.5) is 0 Å². The van der Waals surface area contributed by atoms with Crippen molar-refractivity contribution in [2.75, 3.05) is 27.2 Å². The summed E-state index contributed by atoms with van der Waals surface area (Å²) in [4.78, 5) is 2.44. The number of nitrogens with zero attached hydrogens (tertiary/aromatic N) is 1. The standard InChI is InChI=1S/C14H20Br2N2O/c1-18(11-3-4-11)6-5-17-9-10-7-12(15)14(19-2)13(16)8-10/h7-8,11,17H,3-6,9H2,1-2H3. The van der Waals surface area contributed by atoms with Crippen LogP contribution in [0.1, 0.15) is 18.4 Å². The van der Waals surface area contributed by atoms with Crippen LogP contribution in [-0.2, 0) is 6.54 Å². The Hall–Kier alpha value is -0.100. The minimum Gasteiger partial charge on any atom is -0.494 e. The van der Waals surface area contributed by atoms with Crippen LogP contribution in [0, 0.1) is 0 Å². The smallest absolute Gasteiger partial charge is 0.147 e. The molecule has 0 aliphatic heterocycles. The van der Waals surface area contributed by atoms with Gasteiger partial charge in [0, 0.05) is 25.7 Å². The molecule has 1 aliphatic rings. The topological polar surface area (TPSA) is 24.5 Å². The van der Waals surface area contributed by atoms with Gasteiger partial charge in [0.15, 0.2) is 0 Å². The molecule has 0 amide bonds. The molecule has 1 aromatic carbocycles. The van der Waals surface area contributed by atoms with Crippen molar-refractivity contribution in [3.8, 4) is 5.75 Å². The van der Waals surface area contributed by atoms with Crippen LogP contribution < -0.4 is 10.1 Å². The van der Waals surface area contributed by atoms with Crippen LogP contribution in [0.3, 0.4) is 0 Å². The molecule has 1 saturated carbocycles. The molecular formula is C14H20Br2N2O. The summed E-state index contributed by atoms with van der Waals surface area (Å²) >= 11 is 7.05. The van der Waals surface area contributed by atoms with Crippen molar-refractivity contribution in [3.63, 3.8) is 0 Å². The molecule has 0 aromatic heterocycles. The molecule has 3 nitrogen and oxygen atoms in total. The molecule has 0 unspecified atom stereocenters. The van der Waals surface area contributed by atoms with E-state index >= 15 is 0 Å². The largest absolute Gasteiger partial charge is 0.494 e. The predicted octanol–water partition coefficient (Wildman–Crippen LogP) is 3.40. The predicted molar refractivity (Wildman–Crippen MR) is 85.8 cm³/mol. The summed E-state index contributed by atoms with van der Waals surface area (Å²) in [5, 5.41) is 3.48. The molecule has 0 radical (unpaired) electrons. The highest BCUT2D eigenvalue weighted by molar-refractivity contribution is 9.11. The van der Waals surface area contributed by atoms with Gasteiger partial charge in [0.25, 0.3) is 0 Å². The molecule has 2 rings (SSSR count). The monoisotopic (exact) mass is 390 g/mol. The zero-order valence-corrected chi connectivity index (χ0v) is 14.6. The lowest BCUT2D eigenvalue weighted by Gasteiger charge is -2.16. The van der Waals surface area contributed by atoms with Gasteiger partial charge in [0.1, 0.15) is 5.75 Å². The lowest BCUT2D eigenvalue weighted by molar-refractivity contribution is 0.321. The minimum atomic E-state index is 0.839. The van der Waals surface area contributed by atoms with Crippen molar-refractivity contribution in [2.24, 2.45) is 0 Å². The van der Waals surface area contributed by atoms with Crippen LogP contribution in [0.25, 0.3) is 0 Å². The van der Waals surface area contributed by atoms with Crippen molar-refractivity contribution in [1.82, 2.24) is 10.2 Å². The Labute approximate surface area is 132 Å². The van der Waals surface area contributed by atoms with Gasteiger partial charge in [-0.25, -0.2) is 0 Å². The highest BCUT2D eigenvalue weighted by atomic mass is 79.9. The fourth-order valence-corrected chi connectivity index (χ4v) is 3.70. The summed E-state index contributed by atoms with van der Waals surface area (Å²) < 4.78 is 7.27. The SMILES string of the molecule is COc1c(Br)cc(CNCCN(C)C2CC2)cc1Br. The maximum atomic E-state index is 5.30. The summed E-state index contributed by atoms with van der Waals surface area (Å²) in [7, 11) is 3.89. The number of halogens is 2. The Kier molecular flexibility index (Phi) is 5.69. The summed E-state index contributed by atoms with van der Waals surface area (Å²) in [5.41, 5.74) is 1.24. The molecule has 1 fully saturated rings. The summed E-state index contributed by atoms with van der Waals surface area (Å²) in [6.07, 6.45) is 2.74. The van der Waals surface area contributed by atoms with Gasteiger partial charge in [-0.3, -0.25) is 0 Å². The third-order valence-corrected chi connectivity index (χ3v) is 4.58. The maximum Gasteiger partial charge on any atom is 0.147 e. The van der Waals surface area contributed by atoms with Crippen molar-refractivity contribution >= 4 is 31.9 Å². The highest BCUT2D eigenvalue weighted by Gasteiger charge is 2.25. The van der Waals surface area contributed by atoms with Crippen molar-refractivity contribution in [3.05, 3.63) is 26.6 Å².